The summed E-state index contributed by atoms with van der Waals surface area (Å²) >= 11 is 0. The Labute approximate surface area is 121 Å². The van der Waals surface area contributed by atoms with Gasteiger partial charge in [-0.05, 0) is 30.9 Å². The largest absolute Gasteiger partial charge is 0.461 e. The van der Waals surface area contributed by atoms with Crippen molar-refractivity contribution in [3.63, 3.8) is 0 Å². The first-order valence-corrected chi connectivity index (χ1v) is 7.19. The predicted octanol–water partition coefficient (Wildman–Crippen LogP) is 2.46. The number of nitrogens with one attached hydrogen (secondary N) is 1. The van der Waals surface area contributed by atoms with Crippen LogP contribution in [0.25, 0.3) is 0 Å². The van der Waals surface area contributed by atoms with Crippen molar-refractivity contribution in [2.75, 3.05) is 6.54 Å². The molecule has 1 atom stereocenters. The highest BCUT2D eigenvalue weighted by Gasteiger charge is 2.09. The van der Waals surface area contributed by atoms with Crippen molar-refractivity contribution >= 4 is 5.97 Å². The molecule has 0 aliphatic carbocycles. The molecule has 0 aromatic heterocycles. The highest BCUT2D eigenvalue weighted by Crippen LogP contribution is 2.04. The molecule has 0 aliphatic rings. The number of aliphatic hydroxyl groups excluding tert-OH is 1. The van der Waals surface area contributed by atoms with Crippen LogP contribution in [-0.2, 0) is 16.1 Å². The Kier molecular flexibility index (Phi) is 7.92. The van der Waals surface area contributed by atoms with Gasteiger partial charge in [0.15, 0.2) is 0 Å². The highest BCUT2D eigenvalue weighted by atomic mass is 16.5. The van der Waals surface area contributed by atoms with Gasteiger partial charge in [-0.25, -0.2) is 0 Å². The summed E-state index contributed by atoms with van der Waals surface area (Å²) in [6.07, 6.45) is 0.974. The van der Waals surface area contributed by atoms with Crippen LogP contribution >= 0.6 is 0 Å². The fourth-order valence-electron chi connectivity index (χ4n) is 1.71. The Morgan fingerprint density at radius 3 is 2.60 bits per heavy atom. The van der Waals surface area contributed by atoms with Crippen molar-refractivity contribution in [3.05, 3.63) is 35.9 Å². The average molecular weight is 279 g/mol. The second-order valence-electron chi connectivity index (χ2n) is 5.34. The molecule has 4 heteroatoms. The molecule has 0 spiro atoms. The van der Waals surface area contributed by atoms with Crippen LogP contribution in [-0.4, -0.2) is 23.8 Å². The van der Waals surface area contributed by atoms with E-state index in [0.29, 0.717) is 12.3 Å². The smallest absolute Gasteiger partial charge is 0.306 e. The molecule has 0 radical (unpaired) electrons. The fraction of sp³-hybridized carbons (Fsp3) is 0.562. The van der Waals surface area contributed by atoms with Gasteiger partial charge in [-0.3, -0.25) is 10.1 Å². The third kappa shape index (κ3) is 7.92. The van der Waals surface area contributed by atoms with Crippen LogP contribution in [0.2, 0.25) is 0 Å². The standard InChI is InChI=1S/C16H25NO3/c1-13(2)10-11-17-15(18)8-9-16(19)20-12-14-6-4-3-5-7-14/h3-7,13,15,17-18H,8-12H2,1-2H3. The number of hydrogen-bond donors (Lipinski definition) is 2. The van der Waals surface area contributed by atoms with Crippen molar-refractivity contribution in [1.82, 2.24) is 5.32 Å². The van der Waals surface area contributed by atoms with E-state index in [1.54, 1.807) is 0 Å². The minimum Gasteiger partial charge on any atom is -0.461 e. The van der Waals surface area contributed by atoms with E-state index in [2.05, 4.69) is 19.2 Å². The van der Waals surface area contributed by atoms with Crippen LogP contribution in [0, 0.1) is 5.92 Å². The maximum atomic E-state index is 11.5. The van der Waals surface area contributed by atoms with Crippen LogP contribution in [0.3, 0.4) is 0 Å². The van der Waals surface area contributed by atoms with Gasteiger partial charge in [-0.2, -0.15) is 0 Å². The molecule has 0 fully saturated rings. The predicted molar refractivity (Wildman–Crippen MR) is 78.9 cm³/mol. The molecule has 0 bridgehead atoms. The lowest BCUT2D eigenvalue weighted by atomic mass is 10.1. The van der Waals surface area contributed by atoms with E-state index in [9.17, 15) is 9.90 Å². The molecular formula is C16H25NO3. The van der Waals surface area contributed by atoms with E-state index in [1.165, 1.54) is 0 Å². The zero-order valence-electron chi connectivity index (χ0n) is 12.3. The topological polar surface area (TPSA) is 58.6 Å². The zero-order chi connectivity index (χ0) is 14.8. The minimum atomic E-state index is -0.641. The number of aliphatic hydroxyl groups is 1. The first-order valence-electron chi connectivity index (χ1n) is 7.19. The third-order valence-electron chi connectivity index (χ3n) is 2.97. The van der Waals surface area contributed by atoms with Crippen LogP contribution in [0.4, 0.5) is 0 Å². The minimum absolute atomic E-state index is 0.225. The van der Waals surface area contributed by atoms with Crippen molar-refractivity contribution in [2.24, 2.45) is 5.92 Å². The first kappa shape index (κ1) is 16.7. The molecule has 4 nitrogen and oxygen atoms in total. The Morgan fingerprint density at radius 1 is 1.25 bits per heavy atom. The van der Waals surface area contributed by atoms with Gasteiger partial charge in [0.25, 0.3) is 0 Å². The van der Waals surface area contributed by atoms with Gasteiger partial charge in [0.05, 0.1) is 0 Å². The Bertz CT molecular complexity index is 379. The number of carbonyl (C=O) groups excluding carboxylic acids is 1. The van der Waals surface area contributed by atoms with Crippen molar-refractivity contribution in [3.8, 4) is 0 Å². The van der Waals surface area contributed by atoms with Gasteiger partial charge in [0.2, 0.25) is 0 Å². The number of ether oxygens (including phenoxy) is 1. The van der Waals surface area contributed by atoms with Crippen molar-refractivity contribution < 1.29 is 14.6 Å². The van der Waals surface area contributed by atoms with E-state index < -0.39 is 6.23 Å². The van der Waals surface area contributed by atoms with Gasteiger partial charge in [-0.15, -0.1) is 0 Å². The average Bonchev–Trinajstić information content (AvgIpc) is 2.43. The van der Waals surface area contributed by atoms with Crippen LogP contribution in [0.15, 0.2) is 30.3 Å². The molecule has 1 aromatic rings. The molecular weight excluding hydrogens is 254 g/mol. The summed E-state index contributed by atoms with van der Waals surface area (Å²) in [6, 6.07) is 9.56. The second kappa shape index (κ2) is 9.50. The zero-order valence-corrected chi connectivity index (χ0v) is 12.3. The SMILES string of the molecule is CC(C)CCNC(O)CCC(=O)OCc1ccccc1. The lowest BCUT2D eigenvalue weighted by molar-refractivity contribution is -0.145. The molecule has 20 heavy (non-hydrogen) atoms. The van der Waals surface area contributed by atoms with Crippen LogP contribution in [0.1, 0.15) is 38.7 Å². The van der Waals surface area contributed by atoms with E-state index in [-0.39, 0.29) is 19.0 Å². The molecule has 0 heterocycles. The maximum absolute atomic E-state index is 11.5. The third-order valence-corrected chi connectivity index (χ3v) is 2.97. The van der Waals surface area contributed by atoms with E-state index in [0.717, 1.165) is 18.5 Å². The Morgan fingerprint density at radius 2 is 1.95 bits per heavy atom. The summed E-state index contributed by atoms with van der Waals surface area (Å²) in [7, 11) is 0. The van der Waals surface area contributed by atoms with E-state index in [1.807, 2.05) is 30.3 Å². The summed E-state index contributed by atoms with van der Waals surface area (Å²) in [4.78, 5) is 11.5. The normalized spacial score (nSPS) is 12.4. The monoisotopic (exact) mass is 279 g/mol. The van der Waals surface area contributed by atoms with E-state index >= 15 is 0 Å². The summed E-state index contributed by atoms with van der Waals surface area (Å²) in [5.74, 6) is 0.323. The Hall–Kier alpha value is -1.39. The number of hydrogen-bond acceptors (Lipinski definition) is 4. The fourth-order valence-corrected chi connectivity index (χ4v) is 1.71. The summed E-state index contributed by atoms with van der Waals surface area (Å²) in [5, 5.41) is 12.7. The lowest BCUT2D eigenvalue weighted by Gasteiger charge is -2.13. The van der Waals surface area contributed by atoms with Crippen molar-refractivity contribution in [1.29, 1.82) is 0 Å². The van der Waals surface area contributed by atoms with Gasteiger partial charge in [0, 0.05) is 6.42 Å². The van der Waals surface area contributed by atoms with Crippen LogP contribution < -0.4 is 5.32 Å². The first-order chi connectivity index (χ1) is 9.58. The highest BCUT2D eigenvalue weighted by molar-refractivity contribution is 5.69. The lowest BCUT2D eigenvalue weighted by Crippen LogP contribution is -2.30. The van der Waals surface area contributed by atoms with Gasteiger partial charge < -0.3 is 9.84 Å². The van der Waals surface area contributed by atoms with Crippen LogP contribution in [0.5, 0.6) is 0 Å². The molecule has 0 saturated carbocycles. The van der Waals surface area contributed by atoms with Gasteiger partial charge in [0.1, 0.15) is 12.8 Å². The van der Waals surface area contributed by atoms with E-state index in [4.69, 9.17) is 4.74 Å². The second-order valence-corrected chi connectivity index (χ2v) is 5.34. The molecule has 2 N–H and O–H groups in total. The van der Waals surface area contributed by atoms with Gasteiger partial charge in [-0.1, -0.05) is 44.2 Å². The molecule has 0 saturated heterocycles. The quantitative estimate of drug-likeness (QED) is 0.538. The molecule has 1 unspecified atom stereocenters. The maximum Gasteiger partial charge on any atom is 0.306 e. The summed E-state index contributed by atoms with van der Waals surface area (Å²) in [5.41, 5.74) is 0.969. The molecule has 1 aromatic carbocycles. The van der Waals surface area contributed by atoms with Crippen molar-refractivity contribution in [2.45, 2.75) is 45.9 Å². The molecule has 1 rings (SSSR count). The molecule has 0 aliphatic heterocycles. The number of benzene rings is 1. The Balaban J connectivity index is 2.10. The molecule has 0 amide bonds. The summed E-state index contributed by atoms with van der Waals surface area (Å²) < 4.78 is 5.14. The number of carbonyl (C=O) groups is 1. The number of esters is 1. The summed E-state index contributed by atoms with van der Waals surface area (Å²) in [6.45, 7) is 5.32. The number of rotatable bonds is 9. The molecule has 112 valence electrons. The van der Waals surface area contributed by atoms with Gasteiger partial charge >= 0.3 is 5.97 Å².